The van der Waals surface area contributed by atoms with E-state index in [-0.39, 0.29) is 0 Å². The van der Waals surface area contributed by atoms with Gasteiger partial charge in [-0.3, -0.25) is 0 Å². The minimum Gasteiger partial charge on any atom is -0.385 e. The molecule has 0 spiro atoms. The Balaban J connectivity index is 1.63. The molecule has 0 amide bonds. The molecule has 3 heteroatoms. The molecular formula is C18H21N3. The maximum absolute atomic E-state index is 4.76. The van der Waals surface area contributed by atoms with E-state index < -0.39 is 0 Å². The third-order valence-electron chi connectivity index (χ3n) is 3.73. The minimum atomic E-state index is 0.969. The predicted molar refractivity (Wildman–Crippen MR) is 88.7 cm³/mol. The SMILES string of the molecule is CCn1c(CCCNc2ccccc2)nc2ccccc21. The smallest absolute Gasteiger partial charge is 0.109 e. The van der Waals surface area contributed by atoms with E-state index >= 15 is 0 Å². The number of hydrogen-bond acceptors (Lipinski definition) is 2. The van der Waals surface area contributed by atoms with Crippen LogP contribution in [0.2, 0.25) is 0 Å². The van der Waals surface area contributed by atoms with Crippen molar-refractivity contribution in [2.75, 3.05) is 11.9 Å². The van der Waals surface area contributed by atoms with Crippen molar-refractivity contribution in [3.63, 3.8) is 0 Å². The number of hydrogen-bond donors (Lipinski definition) is 1. The molecule has 2 aromatic carbocycles. The summed E-state index contributed by atoms with van der Waals surface area (Å²) in [5.74, 6) is 1.19. The second-order valence-corrected chi connectivity index (χ2v) is 5.16. The minimum absolute atomic E-state index is 0.969. The first-order chi connectivity index (χ1) is 10.4. The summed E-state index contributed by atoms with van der Waals surface area (Å²) in [7, 11) is 0. The second-order valence-electron chi connectivity index (χ2n) is 5.16. The van der Waals surface area contributed by atoms with Crippen LogP contribution in [0.25, 0.3) is 11.0 Å². The number of benzene rings is 2. The van der Waals surface area contributed by atoms with Crippen molar-refractivity contribution < 1.29 is 0 Å². The van der Waals surface area contributed by atoms with Gasteiger partial charge in [-0.2, -0.15) is 0 Å². The number of aryl methyl sites for hydroxylation is 2. The summed E-state index contributed by atoms with van der Waals surface area (Å²) < 4.78 is 2.32. The lowest BCUT2D eigenvalue weighted by molar-refractivity contribution is 0.692. The Morgan fingerprint density at radius 1 is 1.00 bits per heavy atom. The van der Waals surface area contributed by atoms with Crippen LogP contribution < -0.4 is 5.32 Å². The number of nitrogens with one attached hydrogen (secondary N) is 1. The Bertz CT molecular complexity index is 701. The van der Waals surface area contributed by atoms with Crippen molar-refractivity contribution in [3.05, 3.63) is 60.4 Å². The largest absolute Gasteiger partial charge is 0.385 e. The number of imidazole rings is 1. The van der Waals surface area contributed by atoms with Gasteiger partial charge in [-0.1, -0.05) is 30.3 Å². The van der Waals surface area contributed by atoms with E-state index in [1.54, 1.807) is 0 Å². The summed E-state index contributed by atoms with van der Waals surface area (Å²) in [5.41, 5.74) is 3.53. The maximum atomic E-state index is 4.76. The highest BCUT2D eigenvalue weighted by atomic mass is 15.1. The molecule has 0 unspecified atom stereocenters. The Kier molecular flexibility index (Phi) is 4.20. The molecule has 1 N–H and O–H groups in total. The lowest BCUT2D eigenvalue weighted by Gasteiger charge is -2.07. The Labute approximate surface area is 125 Å². The van der Waals surface area contributed by atoms with Gasteiger partial charge in [-0.15, -0.1) is 0 Å². The van der Waals surface area contributed by atoms with Crippen LogP contribution >= 0.6 is 0 Å². The van der Waals surface area contributed by atoms with Crippen LogP contribution in [0.5, 0.6) is 0 Å². The molecule has 0 aliphatic rings. The molecule has 0 aliphatic heterocycles. The van der Waals surface area contributed by atoms with Gasteiger partial charge in [0.15, 0.2) is 0 Å². The number of para-hydroxylation sites is 3. The van der Waals surface area contributed by atoms with Crippen molar-refractivity contribution in [3.8, 4) is 0 Å². The van der Waals surface area contributed by atoms with Crippen molar-refractivity contribution in [1.29, 1.82) is 0 Å². The first-order valence-corrected chi connectivity index (χ1v) is 7.61. The van der Waals surface area contributed by atoms with Crippen LogP contribution in [0.15, 0.2) is 54.6 Å². The number of anilines is 1. The zero-order chi connectivity index (χ0) is 14.5. The van der Waals surface area contributed by atoms with Gasteiger partial charge in [-0.05, 0) is 37.6 Å². The van der Waals surface area contributed by atoms with Gasteiger partial charge in [0.2, 0.25) is 0 Å². The van der Waals surface area contributed by atoms with E-state index in [0.29, 0.717) is 0 Å². The van der Waals surface area contributed by atoms with E-state index in [4.69, 9.17) is 4.98 Å². The molecule has 3 aromatic rings. The van der Waals surface area contributed by atoms with Crippen molar-refractivity contribution >= 4 is 16.7 Å². The van der Waals surface area contributed by atoms with Gasteiger partial charge in [0.1, 0.15) is 5.82 Å². The highest BCUT2D eigenvalue weighted by molar-refractivity contribution is 5.75. The van der Waals surface area contributed by atoms with E-state index in [1.165, 1.54) is 17.0 Å². The molecule has 3 rings (SSSR count). The molecule has 0 radical (unpaired) electrons. The predicted octanol–water partition coefficient (Wildman–Crippen LogP) is 4.10. The fourth-order valence-corrected chi connectivity index (χ4v) is 2.70. The quantitative estimate of drug-likeness (QED) is 0.688. The molecule has 0 bridgehead atoms. The van der Waals surface area contributed by atoms with E-state index in [2.05, 4.69) is 65.3 Å². The molecule has 0 fully saturated rings. The maximum Gasteiger partial charge on any atom is 0.109 e. The molecule has 3 nitrogen and oxygen atoms in total. The monoisotopic (exact) mass is 279 g/mol. The van der Waals surface area contributed by atoms with Gasteiger partial charge in [0.05, 0.1) is 11.0 Å². The fourth-order valence-electron chi connectivity index (χ4n) is 2.70. The Morgan fingerprint density at radius 3 is 2.57 bits per heavy atom. The van der Waals surface area contributed by atoms with Gasteiger partial charge in [0.25, 0.3) is 0 Å². The van der Waals surface area contributed by atoms with Gasteiger partial charge < -0.3 is 9.88 Å². The number of nitrogens with zero attached hydrogens (tertiary/aromatic N) is 2. The van der Waals surface area contributed by atoms with E-state index in [0.717, 1.165) is 31.4 Å². The zero-order valence-electron chi connectivity index (χ0n) is 12.4. The summed E-state index contributed by atoms with van der Waals surface area (Å²) >= 11 is 0. The molecule has 0 aliphatic carbocycles. The summed E-state index contributed by atoms with van der Waals surface area (Å²) in [6.07, 6.45) is 2.08. The first-order valence-electron chi connectivity index (χ1n) is 7.61. The van der Waals surface area contributed by atoms with Gasteiger partial charge in [0, 0.05) is 25.2 Å². The third kappa shape index (κ3) is 3.07. The summed E-state index contributed by atoms with van der Waals surface area (Å²) in [6.45, 7) is 4.12. The molecule has 1 heterocycles. The summed E-state index contributed by atoms with van der Waals surface area (Å²) in [5, 5.41) is 3.45. The van der Waals surface area contributed by atoms with Crippen LogP contribution in [0.1, 0.15) is 19.2 Å². The molecule has 108 valence electrons. The zero-order valence-corrected chi connectivity index (χ0v) is 12.4. The molecule has 0 atom stereocenters. The standard InChI is InChI=1S/C18H21N3/c1-2-21-17-12-7-6-11-16(17)20-18(21)13-8-14-19-15-9-4-3-5-10-15/h3-7,9-12,19H,2,8,13-14H2,1H3. The molecule has 21 heavy (non-hydrogen) atoms. The van der Waals surface area contributed by atoms with Crippen molar-refractivity contribution in [1.82, 2.24) is 9.55 Å². The van der Waals surface area contributed by atoms with Crippen LogP contribution in [-0.2, 0) is 13.0 Å². The molecular weight excluding hydrogens is 258 g/mol. The normalized spacial score (nSPS) is 10.9. The van der Waals surface area contributed by atoms with Crippen LogP contribution in [0.4, 0.5) is 5.69 Å². The summed E-state index contributed by atoms with van der Waals surface area (Å²) in [6, 6.07) is 18.7. The van der Waals surface area contributed by atoms with E-state index in [1.807, 2.05) is 6.07 Å². The number of rotatable bonds is 6. The van der Waals surface area contributed by atoms with Crippen molar-refractivity contribution in [2.24, 2.45) is 0 Å². The fraction of sp³-hybridized carbons (Fsp3) is 0.278. The van der Waals surface area contributed by atoms with Crippen LogP contribution in [0.3, 0.4) is 0 Å². The topological polar surface area (TPSA) is 29.9 Å². The van der Waals surface area contributed by atoms with Crippen LogP contribution in [-0.4, -0.2) is 16.1 Å². The van der Waals surface area contributed by atoms with Gasteiger partial charge in [-0.25, -0.2) is 4.98 Å². The summed E-state index contributed by atoms with van der Waals surface area (Å²) in [4.78, 5) is 4.76. The Morgan fingerprint density at radius 2 is 1.76 bits per heavy atom. The lowest BCUT2D eigenvalue weighted by atomic mass is 10.2. The average molecular weight is 279 g/mol. The third-order valence-corrected chi connectivity index (χ3v) is 3.73. The lowest BCUT2D eigenvalue weighted by Crippen LogP contribution is -2.07. The number of aromatic nitrogens is 2. The average Bonchev–Trinajstić information content (AvgIpc) is 2.90. The molecule has 1 aromatic heterocycles. The molecule has 0 saturated heterocycles. The second kappa shape index (κ2) is 6.44. The van der Waals surface area contributed by atoms with Gasteiger partial charge >= 0.3 is 0 Å². The Hall–Kier alpha value is -2.29. The molecule has 0 saturated carbocycles. The highest BCUT2D eigenvalue weighted by Crippen LogP contribution is 2.17. The van der Waals surface area contributed by atoms with E-state index in [9.17, 15) is 0 Å². The number of fused-ring (bicyclic) bond motifs is 1. The first kappa shape index (κ1) is 13.7. The van der Waals surface area contributed by atoms with Crippen molar-refractivity contribution in [2.45, 2.75) is 26.3 Å². The van der Waals surface area contributed by atoms with Crippen LogP contribution in [0, 0.1) is 0 Å². The highest BCUT2D eigenvalue weighted by Gasteiger charge is 2.08.